The molecule has 3 aliphatic rings. The van der Waals surface area contributed by atoms with Crippen LogP contribution in [0.15, 0.2) is 59.5 Å². The molecule has 31 heavy (non-hydrogen) atoms. The average Bonchev–Trinajstić information content (AvgIpc) is 3.56. The standard InChI is InChI=1S/C24H29N3O3S/c1-18-7-11-21(12-8-18)31(29,30)26-15-13-24(14-16-26)25-22(17-19-5-3-2-4-6-19)23(28)27(24)20-9-10-20/h2-8,11-12,20,22,25H,9-10,13-17H2,1H3. The molecule has 5 rings (SSSR count). The van der Waals surface area contributed by atoms with Gasteiger partial charge in [-0.3, -0.25) is 10.1 Å². The summed E-state index contributed by atoms with van der Waals surface area (Å²) in [6.07, 6.45) is 3.98. The first-order chi connectivity index (χ1) is 14.9. The van der Waals surface area contributed by atoms with E-state index < -0.39 is 15.7 Å². The van der Waals surface area contributed by atoms with Crippen LogP contribution in [0.25, 0.3) is 0 Å². The van der Waals surface area contributed by atoms with Gasteiger partial charge in [0.2, 0.25) is 15.9 Å². The van der Waals surface area contributed by atoms with E-state index >= 15 is 0 Å². The van der Waals surface area contributed by atoms with Crippen molar-refractivity contribution in [3.05, 3.63) is 65.7 Å². The fourth-order valence-electron chi connectivity index (χ4n) is 5.03. The van der Waals surface area contributed by atoms with Crippen molar-refractivity contribution < 1.29 is 13.2 Å². The summed E-state index contributed by atoms with van der Waals surface area (Å²) in [6, 6.07) is 17.2. The molecule has 1 atom stereocenters. The van der Waals surface area contributed by atoms with Gasteiger partial charge in [-0.1, -0.05) is 48.0 Å². The Balaban J connectivity index is 1.34. The predicted molar refractivity (Wildman–Crippen MR) is 119 cm³/mol. The predicted octanol–water partition coefficient (Wildman–Crippen LogP) is 2.68. The number of piperidine rings is 1. The number of hydrogen-bond donors (Lipinski definition) is 1. The van der Waals surface area contributed by atoms with Crippen LogP contribution in [0.4, 0.5) is 0 Å². The second kappa shape index (κ2) is 7.73. The molecule has 1 N–H and O–H groups in total. The Morgan fingerprint density at radius 3 is 2.26 bits per heavy atom. The Labute approximate surface area is 184 Å². The summed E-state index contributed by atoms with van der Waals surface area (Å²) in [5, 5.41) is 3.65. The van der Waals surface area contributed by atoms with Crippen LogP contribution < -0.4 is 5.32 Å². The summed E-state index contributed by atoms with van der Waals surface area (Å²) in [6.45, 7) is 2.78. The van der Waals surface area contributed by atoms with Crippen LogP contribution in [0.2, 0.25) is 0 Å². The molecule has 0 radical (unpaired) electrons. The Bertz CT molecular complexity index is 1060. The molecule has 2 heterocycles. The van der Waals surface area contributed by atoms with Crippen LogP contribution >= 0.6 is 0 Å². The maximum atomic E-state index is 13.3. The highest BCUT2D eigenvalue weighted by Gasteiger charge is 2.56. The molecule has 7 heteroatoms. The van der Waals surface area contributed by atoms with Crippen LogP contribution in [0.5, 0.6) is 0 Å². The van der Waals surface area contributed by atoms with Crippen molar-refractivity contribution in [2.45, 2.75) is 61.7 Å². The minimum atomic E-state index is -3.52. The zero-order valence-corrected chi connectivity index (χ0v) is 18.6. The summed E-state index contributed by atoms with van der Waals surface area (Å²) < 4.78 is 27.8. The molecule has 1 spiro atoms. The summed E-state index contributed by atoms with van der Waals surface area (Å²) in [4.78, 5) is 15.7. The third-order valence-electron chi connectivity index (χ3n) is 6.84. The highest BCUT2D eigenvalue weighted by molar-refractivity contribution is 7.89. The van der Waals surface area contributed by atoms with E-state index in [-0.39, 0.29) is 11.9 Å². The maximum absolute atomic E-state index is 13.3. The SMILES string of the molecule is Cc1ccc(S(=O)(=O)N2CCC3(CC2)NC(Cc2ccccc2)C(=O)N3C2CC2)cc1. The Hall–Kier alpha value is -2.22. The normalized spacial score (nSPS) is 24.1. The molecule has 2 aliphatic heterocycles. The zero-order valence-electron chi connectivity index (χ0n) is 17.8. The highest BCUT2D eigenvalue weighted by Crippen LogP contribution is 2.42. The first-order valence-corrected chi connectivity index (χ1v) is 12.5. The number of carbonyl (C=O) groups excluding carboxylic acids is 1. The van der Waals surface area contributed by atoms with Crippen molar-refractivity contribution in [3.63, 3.8) is 0 Å². The molecule has 2 aromatic carbocycles. The quantitative estimate of drug-likeness (QED) is 0.778. The van der Waals surface area contributed by atoms with Gasteiger partial charge in [-0.15, -0.1) is 0 Å². The van der Waals surface area contributed by atoms with E-state index in [9.17, 15) is 13.2 Å². The van der Waals surface area contributed by atoms with Crippen LogP contribution in [0.1, 0.15) is 36.8 Å². The van der Waals surface area contributed by atoms with Gasteiger partial charge < -0.3 is 4.90 Å². The van der Waals surface area contributed by atoms with Crippen molar-refractivity contribution in [2.75, 3.05) is 13.1 Å². The lowest BCUT2D eigenvalue weighted by Crippen LogP contribution is -2.60. The van der Waals surface area contributed by atoms with E-state index in [4.69, 9.17) is 0 Å². The van der Waals surface area contributed by atoms with Gasteiger partial charge in [0, 0.05) is 19.1 Å². The van der Waals surface area contributed by atoms with E-state index in [0.29, 0.717) is 43.3 Å². The number of rotatable bonds is 5. The van der Waals surface area contributed by atoms with Gasteiger partial charge in [0.15, 0.2) is 0 Å². The molecule has 3 fully saturated rings. The largest absolute Gasteiger partial charge is 0.320 e. The van der Waals surface area contributed by atoms with E-state index in [1.165, 1.54) is 0 Å². The molecular weight excluding hydrogens is 410 g/mol. The van der Waals surface area contributed by atoms with Gasteiger partial charge in [0.25, 0.3) is 0 Å². The van der Waals surface area contributed by atoms with Crippen LogP contribution in [-0.2, 0) is 21.2 Å². The number of benzene rings is 2. The van der Waals surface area contributed by atoms with E-state index in [1.54, 1.807) is 16.4 Å². The molecule has 0 aromatic heterocycles. The first kappa shape index (κ1) is 20.7. The molecule has 1 aliphatic carbocycles. The lowest BCUT2D eigenvalue weighted by atomic mass is 9.97. The molecule has 2 saturated heterocycles. The number of nitrogens with zero attached hydrogens (tertiary/aromatic N) is 2. The third-order valence-corrected chi connectivity index (χ3v) is 8.76. The Morgan fingerprint density at radius 1 is 1.00 bits per heavy atom. The lowest BCUT2D eigenvalue weighted by Gasteiger charge is -2.44. The summed E-state index contributed by atoms with van der Waals surface area (Å²) in [5.74, 6) is 0.168. The number of carbonyl (C=O) groups is 1. The molecule has 1 unspecified atom stereocenters. The van der Waals surface area contributed by atoms with Crippen LogP contribution in [0.3, 0.4) is 0 Å². The van der Waals surface area contributed by atoms with E-state index in [1.807, 2.05) is 37.3 Å². The number of hydrogen-bond acceptors (Lipinski definition) is 4. The van der Waals surface area contributed by atoms with Crippen LogP contribution in [0, 0.1) is 6.92 Å². The monoisotopic (exact) mass is 439 g/mol. The Morgan fingerprint density at radius 2 is 1.65 bits per heavy atom. The third kappa shape index (κ3) is 3.79. The molecule has 2 aromatic rings. The van der Waals surface area contributed by atoms with Gasteiger partial charge in [-0.25, -0.2) is 8.42 Å². The number of aryl methyl sites for hydroxylation is 1. The molecular formula is C24H29N3O3S. The van der Waals surface area contributed by atoms with Crippen molar-refractivity contribution in [3.8, 4) is 0 Å². The zero-order chi connectivity index (χ0) is 21.6. The summed E-state index contributed by atoms with van der Waals surface area (Å²) in [7, 11) is -3.52. The second-order valence-corrected chi connectivity index (χ2v) is 11.0. The van der Waals surface area contributed by atoms with Gasteiger partial charge in [0.1, 0.15) is 0 Å². The molecule has 1 amide bonds. The number of nitrogens with one attached hydrogen (secondary N) is 1. The Kier molecular flexibility index (Phi) is 5.15. The van der Waals surface area contributed by atoms with Gasteiger partial charge >= 0.3 is 0 Å². The topological polar surface area (TPSA) is 69.7 Å². The van der Waals surface area contributed by atoms with E-state index in [2.05, 4.69) is 22.3 Å². The van der Waals surface area contributed by atoms with Gasteiger partial charge in [-0.2, -0.15) is 4.31 Å². The molecule has 164 valence electrons. The lowest BCUT2D eigenvalue weighted by molar-refractivity contribution is -0.133. The fraction of sp³-hybridized carbons (Fsp3) is 0.458. The fourth-order valence-corrected chi connectivity index (χ4v) is 6.47. The average molecular weight is 440 g/mol. The van der Waals surface area contributed by atoms with Gasteiger partial charge in [0.05, 0.1) is 16.6 Å². The first-order valence-electron chi connectivity index (χ1n) is 11.1. The second-order valence-electron chi connectivity index (χ2n) is 9.07. The molecule has 6 nitrogen and oxygen atoms in total. The molecule has 1 saturated carbocycles. The van der Waals surface area contributed by atoms with Crippen molar-refractivity contribution >= 4 is 15.9 Å². The minimum absolute atomic E-state index is 0.168. The minimum Gasteiger partial charge on any atom is -0.320 e. The maximum Gasteiger partial charge on any atom is 0.243 e. The highest BCUT2D eigenvalue weighted by atomic mass is 32.2. The van der Waals surface area contributed by atoms with Crippen molar-refractivity contribution in [1.29, 1.82) is 0 Å². The van der Waals surface area contributed by atoms with Crippen LogP contribution in [-0.4, -0.2) is 54.4 Å². The number of amides is 1. The summed E-state index contributed by atoms with van der Waals surface area (Å²) >= 11 is 0. The smallest absolute Gasteiger partial charge is 0.243 e. The van der Waals surface area contributed by atoms with E-state index in [0.717, 1.165) is 24.0 Å². The molecule has 0 bridgehead atoms. The summed E-state index contributed by atoms with van der Waals surface area (Å²) in [5.41, 5.74) is 1.74. The van der Waals surface area contributed by atoms with Crippen molar-refractivity contribution in [2.24, 2.45) is 0 Å². The van der Waals surface area contributed by atoms with Gasteiger partial charge in [-0.05, 0) is 56.7 Å². The van der Waals surface area contributed by atoms with Crippen molar-refractivity contribution in [1.82, 2.24) is 14.5 Å². The number of sulfonamides is 1.